The van der Waals surface area contributed by atoms with Crippen molar-refractivity contribution in [1.29, 1.82) is 0 Å². The summed E-state index contributed by atoms with van der Waals surface area (Å²) in [6, 6.07) is 6.77. The number of nitrogens with one attached hydrogen (secondary N) is 1. The van der Waals surface area contributed by atoms with E-state index < -0.39 is 0 Å². The van der Waals surface area contributed by atoms with Crippen molar-refractivity contribution in [2.45, 2.75) is 38.8 Å². The van der Waals surface area contributed by atoms with Gasteiger partial charge in [0.2, 0.25) is 6.79 Å². The Kier molecular flexibility index (Phi) is 2.93. The van der Waals surface area contributed by atoms with Gasteiger partial charge in [-0.3, -0.25) is 0 Å². The Morgan fingerprint density at radius 1 is 1.29 bits per heavy atom. The molecule has 3 heteroatoms. The summed E-state index contributed by atoms with van der Waals surface area (Å²) in [5.74, 6) is 2.72. The fourth-order valence-corrected chi connectivity index (χ4v) is 2.28. The summed E-state index contributed by atoms with van der Waals surface area (Å²) in [5, 5.41) is 3.57. The van der Waals surface area contributed by atoms with Gasteiger partial charge in [0.15, 0.2) is 11.5 Å². The molecular formula is C14H19NO2. The van der Waals surface area contributed by atoms with Gasteiger partial charge < -0.3 is 14.8 Å². The summed E-state index contributed by atoms with van der Waals surface area (Å²) in [5.41, 5.74) is 1.26. The van der Waals surface area contributed by atoms with Crippen LogP contribution in [0, 0.1) is 5.92 Å². The molecule has 1 aromatic carbocycles. The number of benzene rings is 1. The van der Waals surface area contributed by atoms with Crippen molar-refractivity contribution < 1.29 is 9.47 Å². The summed E-state index contributed by atoms with van der Waals surface area (Å²) in [6.45, 7) is 3.53. The molecule has 1 aliphatic heterocycles. The molecule has 1 N–H and O–H groups in total. The van der Waals surface area contributed by atoms with Crippen LogP contribution in [0.2, 0.25) is 0 Å². The van der Waals surface area contributed by atoms with Crippen LogP contribution in [0.15, 0.2) is 18.2 Å². The minimum atomic E-state index is 0.351. The van der Waals surface area contributed by atoms with E-state index in [1.165, 1.54) is 24.8 Å². The van der Waals surface area contributed by atoms with E-state index in [9.17, 15) is 0 Å². The third-order valence-corrected chi connectivity index (χ3v) is 3.48. The molecule has 0 saturated heterocycles. The normalized spacial score (nSPS) is 19.4. The second-order valence-electron chi connectivity index (χ2n) is 5.15. The minimum absolute atomic E-state index is 0.351. The number of hydrogen-bond acceptors (Lipinski definition) is 3. The summed E-state index contributed by atoms with van der Waals surface area (Å²) in [7, 11) is 0. The van der Waals surface area contributed by atoms with Crippen LogP contribution in [0.5, 0.6) is 11.5 Å². The van der Waals surface area contributed by atoms with Crippen LogP contribution in [0.4, 0.5) is 0 Å². The molecule has 1 fully saturated rings. The van der Waals surface area contributed by atoms with E-state index in [2.05, 4.69) is 24.4 Å². The van der Waals surface area contributed by atoms with Crippen molar-refractivity contribution in [1.82, 2.24) is 5.32 Å². The molecule has 0 bridgehead atoms. The summed E-state index contributed by atoms with van der Waals surface area (Å²) < 4.78 is 10.7. The van der Waals surface area contributed by atoms with Gasteiger partial charge in [-0.05, 0) is 37.0 Å². The molecule has 0 radical (unpaired) electrons. The lowest BCUT2D eigenvalue weighted by molar-refractivity contribution is 0.174. The van der Waals surface area contributed by atoms with E-state index in [4.69, 9.17) is 9.47 Å². The van der Waals surface area contributed by atoms with Gasteiger partial charge >= 0.3 is 0 Å². The van der Waals surface area contributed by atoms with E-state index >= 15 is 0 Å². The Hall–Kier alpha value is -1.22. The maximum absolute atomic E-state index is 5.37. The molecule has 0 aromatic heterocycles. The lowest BCUT2D eigenvalue weighted by Crippen LogP contribution is -2.25. The highest BCUT2D eigenvalue weighted by Crippen LogP contribution is 2.34. The van der Waals surface area contributed by atoms with E-state index in [0.717, 1.165) is 24.0 Å². The maximum atomic E-state index is 5.37. The number of hydrogen-bond donors (Lipinski definition) is 1. The highest BCUT2D eigenvalue weighted by atomic mass is 16.7. The molecule has 0 spiro atoms. The standard InChI is InChI=1S/C14H19NO2/c1-10(6-11-2-3-11)15-8-12-4-5-13-14(7-12)17-9-16-13/h4-5,7,10-11,15H,2-3,6,8-9H2,1H3. The van der Waals surface area contributed by atoms with Crippen molar-refractivity contribution in [3.63, 3.8) is 0 Å². The Labute approximate surface area is 102 Å². The molecule has 1 atom stereocenters. The first kappa shape index (κ1) is 10.9. The molecule has 1 unspecified atom stereocenters. The Bertz CT molecular complexity index is 401. The Morgan fingerprint density at radius 3 is 2.94 bits per heavy atom. The van der Waals surface area contributed by atoms with Crippen LogP contribution in [0.1, 0.15) is 31.7 Å². The first-order valence-electron chi connectivity index (χ1n) is 6.43. The van der Waals surface area contributed by atoms with Gasteiger partial charge in [-0.25, -0.2) is 0 Å². The van der Waals surface area contributed by atoms with Gasteiger partial charge in [0.1, 0.15) is 0 Å². The molecule has 1 aromatic rings. The summed E-state index contributed by atoms with van der Waals surface area (Å²) >= 11 is 0. The molecule has 17 heavy (non-hydrogen) atoms. The van der Waals surface area contributed by atoms with Gasteiger partial charge in [0, 0.05) is 12.6 Å². The van der Waals surface area contributed by atoms with Crippen LogP contribution < -0.4 is 14.8 Å². The zero-order valence-corrected chi connectivity index (χ0v) is 10.2. The third-order valence-electron chi connectivity index (χ3n) is 3.48. The lowest BCUT2D eigenvalue weighted by atomic mass is 10.1. The van der Waals surface area contributed by atoms with Crippen molar-refractivity contribution in [2.24, 2.45) is 5.92 Å². The van der Waals surface area contributed by atoms with Gasteiger partial charge in [-0.1, -0.05) is 18.9 Å². The van der Waals surface area contributed by atoms with Gasteiger partial charge in [0.25, 0.3) is 0 Å². The predicted molar refractivity (Wildman–Crippen MR) is 66.2 cm³/mol. The topological polar surface area (TPSA) is 30.5 Å². The first-order valence-corrected chi connectivity index (χ1v) is 6.43. The van der Waals surface area contributed by atoms with E-state index in [1.54, 1.807) is 0 Å². The fourth-order valence-electron chi connectivity index (χ4n) is 2.28. The molecule has 92 valence electrons. The van der Waals surface area contributed by atoms with Crippen LogP contribution >= 0.6 is 0 Å². The van der Waals surface area contributed by atoms with Crippen LogP contribution in [0.3, 0.4) is 0 Å². The van der Waals surface area contributed by atoms with E-state index in [-0.39, 0.29) is 0 Å². The molecule has 3 rings (SSSR count). The molecule has 1 saturated carbocycles. The fraction of sp³-hybridized carbons (Fsp3) is 0.571. The molecule has 3 nitrogen and oxygen atoms in total. The van der Waals surface area contributed by atoms with Gasteiger partial charge in [0.05, 0.1) is 0 Å². The van der Waals surface area contributed by atoms with E-state index in [1.807, 2.05) is 6.07 Å². The average Bonchev–Trinajstić information content (AvgIpc) is 3.01. The SMILES string of the molecule is CC(CC1CC1)NCc1ccc2c(c1)OCO2. The molecule has 2 aliphatic rings. The average molecular weight is 233 g/mol. The number of ether oxygens (including phenoxy) is 2. The number of fused-ring (bicyclic) bond motifs is 1. The van der Waals surface area contributed by atoms with Crippen molar-refractivity contribution in [3.05, 3.63) is 23.8 Å². The van der Waals surface area contributed by atoms with Crippen LogP contribution in [0.25, 0.3) is 0 Å². The smallest absolute Gasteiger partial charge is 0.231 e. The highest BCUT2D eigenvalue weighted by molar-refractivity contribution is 5.44. The maximum Gasteiger partial charge on any atom is 0.231 e. The second-order valence-corrected chi connectivity index (χ2v) is 5.15. The molecule has 1 heterocycles. The van der Waals surface area contributed by atoms with Gasteiger partial charge in [-0.15, -0.1) is 0 Å². The summed E-state index contributed by atoms with van der Waals surface area (Å²) in [6.07, 6.45) is 4.16. The molecular weight excluding hydrogens is 214 g/mol. The Morgan fingerprint density at radius 2 is 2.12 bits per heavy atom. The van der Waals surface area contributed by atoms with Crippen LogP contribution in [-0.4, -0.2) is 12.8 Å². The molecule has 1 aliphatic carbocycles. The monoisotopic (exact) mass is 233 g/mol. The second kappa shape index (κ2) is 4.57. The lowest BCUT2D eigenvalue weighted by Gasteiger charge is -2.13. The highest BCUT2D eigenvalue weighted by Gasteiger charge is 2.23. The largest absolute Gasteiger partial charge is 0.454 e. The Balaban J connectivity index is 1.53. The van der Waals surface area contributed by atoms with Gasteiger partial charge in [-0.2, -0.15) is 0 Å². The quantitative estimate of drug-likeness (QED) is 0.848. The van der Waals surface area contributed by atoms with E-state index in [0.29, 0.717) is 12.8 Å². The number of rotatable bonds is 5. The van der Waals surface area contributed by atoms with Crippen LogP contribution in [-0.2, 0) is 6.54 Å². The first-order chi connectivity index (χ1) is 8.31. The molecule has 0 amide bonds. The van der Waals surface area contributed by atoms with Crippen molar-refractivity contribution in [3.8, 4) is 11.5 Å². The zero-order valence-electron chi connectivity index (χ0n) is 10.2. The summed E-state index contributed by atoms with van der Waals surface area (Å²) in [4.78, 5) is 0. The van der Waals surface area contributed by atoms with Crippen molar-refractivity contribution in [2.75, 3.05) is 6.79 Å². The third kappa shape index (κ3) is 2.72. The van der Waals surface area contributed by atoms with Crippen molar-refractivity contribution >= 4 is 0 Å². The zero-order chi connectivity index (χ0) is 11.7. The minimum Gasteiger partial charge on any atom is -0.454 e. The predicted octanol–water partition coefficient (Wildman–Crippen LogP) is 2.69.